The van der Waals surface area contributed by atoms with Crippen molar-refractivity contribution in [2.75, 3.05) is 13.7 Å². The molecule has 10 heteroatoms. The number of ether oxygens (including phenoxy) is 2. The minimum absolute atomic E-state index is 0.128. The molecule has 10 nitrogen and oxygen atoms in total. The molecule has 0 aromatic heterocycles. The summed E-state index contributed by atoms with van der Waals surface area (Å²) in [4.78, 5) is 38.7. The summed E-state index contributed by atoms with van der Waals surface area (Å²) in [7, 11) is 1.57. The van der Waals surface area contributed by atoms with Crippen molar-refractivity contribution in [2.45, 2.75) is 69.8 Å². The lowest BCUT2D eigenvalue weighted by atomic mass is 9.89. The maximum Gasteiger partial charge on any atom is 0.251 e. The first-order chi connectivity index (χ1) is 18.0. The number of amides is 2. The first-order valence-electron chi connectivity index (χ1n) is 12.8. The minimum atomic E-state index is -0.592. The van der Waals surface area contributed by atoms with Crippen LogP contribution in [0.3, 0.4) is 0 Å². The number of para-hydroxylation sites is 1. The molecule has 0 radical (unpaired) electrons. The summed E-state index contributed by atoms with van der Waals surface area (Å²) in [6.07, 6.45) is 0.830. The summed E-state index contributed by atoms with van der Waals surface area (Å²) in [5.74, 6) is 1.00. The number of aliphatic imine (C=N–C) groups is 1. The number of guanidine groups is 1. The van der Waals surface area contributed by atoms with Gasteiger partial charge in [-0.2, -0.15) is 0 Å². The molecule has 2 aromatic carbocycles. The van der Waals surface area contributed by atoms with Gasteiger partial charge in [0.2, 0.25) is 5.91 Å². The second kappa shape index (κ2) is 9.59. The number of rotatable bonds is 5. The average Bonchev–Trinajstić information content (AvgIpc) is 2.83. The van der Waals surface area contributed by atoms with E-state index in [1.165, 1.54) is 4.90 Å². The molecule has 0 spiro atoms. The zero-order valence-electron chi connectivity index (χ0n) is 22.4. The van der Waals surface area contributed by atoms with Crippen molar-refractivity contribution in [1.82, 2.24) is 15.7 Å². The molecule has 0 aliphatic carbocycles. The third-order valence-corrected chi connectivity index (χ3v) is 7.11. The molecule has 3 aliphatic heterocycles. The van der Waals surface area contributed by atoms with Crippen LogP contribution in [0.15, 0.2) is 47.5 Å². The number of carbonyl (C=O) groups is 2. The van der Waals surface area contributed by atoms with E-state index in [-0.39, 0.29) is 36.8 Å². The second-order valence-corrected chi connectivity index (χ2v) is 11.3. The number of carbonyl (C=O) groups excluding carboxylic acids is 2. The Morgan fingerprint density at radius 2 is 1.95 bits per heavy atom. The largest absolute Gasteiger partial charge is 0.487 e. The number of nitrogens with two attached hydrogens (primary N) is 1. The Labute approximate surface area is 222 Å². The van der Waals surface area contributed by atoms with Gasteiger partial charge in [0.1, 0.15) is 11.4 Å². The lowest BCUT2D eigenvalue weighted by Gasteiger charge is -2.43. The van der Waals surface area contributed by atoms with Gasteiger partial charge in [-0.25, -0.2) is 4.99 Å². The third-order valence-electron chi connectivity index (χ3n) is 7.11. The van der Waals surface area contributed by atoms with Crippen molar-refractivity contribution >= 4 is 17.8 Å². The van der Waals surface area contributed by atoms with Crippen LogP contribution in [0.25, 0.3) is 0 Å². The summed E-state index contributed by atoms with van der Waals surface area (Å²) in [6.45, 7) is 8.00. The predicted octanol–water partition coefficient (Wildman–Crippen LogP) is 3.00. The number of hydrogen-bond donors (Lipinski definition) is 3. The number of hydroxylamine groups is 1. The highest BCUT2D eigenvalue weighted by molar-refractivity contribution is 6.00. The summed E-state index contributed by atoms with van der Waals surface area (Å²) in [6, 6.07) is 11.7. The second-order valence-electron chi connectivity index (χ2n) is 11.3. The Bertz CT molecular complexity index is 1290. The van der Waals surface area contributed by atoms with E-state index in [1.807, 2.05) is 52.0 Å². The van der Waals surface area contributed by atoms with Gasteiger partial charge in [-0.1, -0.05) is 18.2 Å². The number of nitrogens with one attached hydrogen (secondary N) is 2. The summed E-state index contributed by atoms with van der Waals surface area (Å²) in [5, 5.41) is 3.18. The summed E-state index contributed by atoms with van der Waals surface area (Å²) >= 11 is 0. The van der Waals surface area contributed by atoms with Crippen molar-refractivity contribution in [3.8, 4) is 11.5 Å². The van der Waals surface area contributed by atoms with E-state index in [9.17, 15) is 9.59 Å². The van der Waals surface area contributed by atoms with Gasteiger partial charge in [0, 0.05) is 30.2 Å². The zero-order chi connectivity index (χ0) is 27.2. The molecule has 3 aliphatic rings. The van der Waals surface area contributed by atoms with Gasteiger partial charge in [0.15, 0.2) is 11.7 Å². The van der Waals surface area contributed by atoms with Gasteiger partial charge < -0.3 is 25.4 Å². The molecule has 3 heterocycles. The van der Waals surface area contributed by atoms with Crippen molar-refractivity contribution in [1.29, 1.82) is 0 Å². The van der Waals surface area contributed by atoms with Crippen molar-refractivity contribution in [3.63, 3.8) is 0 Å². The van der Waals surface area contributed by atoms with Gasteiger partial charge in [-0.15, -0.1) is 5.48 Å². The number of methoxy groups -OCH3 is 1. The summed E-state index contributed by atoms with van der Waals surface area (Å²) < 4.78 is 11.5. The molecule has 3 unspecified atom stereocenters. The smallest absolute Gasteiger partial charge is 0.251 e. The van der Waals surface area contributed by atoms with E-state index in [0.717, 1.165) is 11.3 Å². The number of hydrogen-bond acceptors (Lipinski definition) is 8. The molecule has 0 saturated heterocycles. The Hall–Kier alpha value is -3.63. The molecule has 38 heavy (non-hydrogen) atoms. The van der Waals surface area contributed by atoms with E-state index < -0.39 is 23.2 Å². The lowest BCUT2D eigenvalue weighted by molar-refractivity contribution is -0.133. The van der Waals surface area contributed by atoms with Crippen LogP contribution < -0.4 is 26.1 Å². The first-order valence-corrected chi connectivity index (χ1v) is 12.8. The van der Waals surface area contributed by atoms with Gasteiger partial charge >= 0.3 is 0 Å². The van der Waals surface area contributed by atoms with Gasteiger partial charge in [0.05, 0.1) is 36.7 Å². The van der Waals surface area contributed by atoms with Gasteiger partial charge in [-0.05, 0) is 52.0 Å². The molecule has 0 saturated carbocycles. The Balaban J connectivity index is 1.49. The highest BCUT2D eigenvalue weighted by atomic mass is 16.7. The topological polar surface area (TPSA) is 128 Å². The maximum atomic E-state index is 13.6. The quantitative estimate of drug-likeness (QED) is 0.552. The zero-order valence-corrected chi connectivity index (χ0v) is 22.4. The fourth-order valence-corrected chi connectivity index (χ4v) is 5.51. The minimum Gasteiger partial charge on any atom is -0.487 e. The average molecular weight is 522 g/mol. The van der Waals surface area contributed by atoms with Gasteiger partial charge in [0.25, 0.3) is 5.91 Å². The fourth-order valence-electron chi connectivity index (χ4n) is 5.51. The Morgan fingerprint density at radius 1 is 1.18 bits per heavy atom. The van der Waals surface area contributed by atoms with E-state index in [2.05, 4.69) is 15.8 Å². The van der Waals surface area contributed by atoms with Crippen molar-refractivity contribution < 1.29 is 23.9 Å². The first kappa shape index (κ1) is 26.0. The van der Waals surface area contributed by atoms with Crippen molar-refractivity contribution in [2.24, 2.45) is 10.7 Å². The monoisotopic (exact) mass is 521 g/mol. The predicted molar refractivity (Wildman–Crippen MR) is 142 cm³/mol. The third kappa shape index (κ3) is 4.93. The number of nitrogens with zero attached hydrogens (tertiary/aromatic N) is 2. The molecular weight excluding hydrogens is 486 g/mol. The van der Waals surface area contributed by atoms with E-state index in [1.54, 1.807) is 25.3 Å². The van der Waals surface area contributed by atoms with Crippen LogP contribution >= 0.6 is 0 Å². The Kier molecular flexibility index (Phi) is 6.56. The van der Waals surface area contributed by atoms with Crippen molar-refractivity contribution in [3.05, 3.63) is 59.2 Å². The molecule has 2 aromatic rings. The molecule has 0 bridgehead atoms. The highest BCUT2D eigenvalue weighted by Crippen LogP contribution is 2.41. The SMILES string of the molecule is COCC1NOc2ccc(C(=O)NC3CC(C)(C)Oc4ccccc43)cc2C1N1C(=O)CC(C)(C)N=C1N. The van der Waals surface area contributed by atoms with Crippen LogP contribution in [0.1, 0.15) is 74.1 Å². The van der Waals surface area contributed by atoms with Crippen LogP contribution in [0.2, 0.25) is 0 Å². The summed E-state index contributed by atoms with van der Waals surface area (Å²) in [5.41, 5.74) is 10.3. The van der Waals surface area contributed by atoms with E-state index in [0.29, 0.717) is 23.3 Å². The molecule has 0 fully saturated rings. The standard InChI is InChI=1S/C28H35N5O5/c1-27(2)14-23(34)33(26(29)31-27)24-18-12-16(10-11-22(18)38-32-20(24)15-36-5)25(35)30-19-13-28(3,4)37-21-9-7-6-8-17(19)21/h6-12,19-20,24,32H,13-15H2,1-5H3,(H2,29,31)(H,30,35). The molecule has 3 atom stereocenters. The fraction of sp³-hybridized carbons (Fsp3) is 0.464. The van der Waals surface area contributed by atoms with Crippen LogP contribution in [0, 0.1) is 0 Å². The molecule has 2 amide bonds. The van der Waals surface area contributed by atoms with E-state index in [4.69, 9.17) is 20.0 Å². The normalized spacial score (nSPS) is 25.3. The maximum absolute atomic E-state index is 13.6. The molecule has 202 valence electrons. The molecular formula is C28H35N5O5. The number of fused-ring (bicyclic) bond motifs is 2. The van der Waals surface area contributed by atoms with Crippen LogP contribution in [0.5, 0.6) is 11.5 Å². The Morgan fingerprint density at radius 3 is 2.68 bits per heavy atom. The molecule has 4 N–H and O–H groups in total. The van der Waals surface area contributed by atoms with Crippen LogP contribution in [-0.2, 0) is 9.53 Å². The van der Waals surface area contributed by atoms with E-state index >= 15 is 0 Å². The van der Waals surface area contributed by atoms with Crippen LogP contribution in [-0.4, -0.2) is 53.6 Å². The van der Waals surface area contributed by atoms with Crippen LogP contribution in [0.4, 0.5) is 0 Å². The lowest BCUT2D eigenvalue weighted by Crippen LogP contribution is -2.58. The number of benzene rings is 2. The molecule has 5 rings (SSSR count). The highest BCUT2D eigenvalue weighted by Gasteiger charge is 2.44. The van der Waals surface area contributed by atoms with Gasteiger partial charge in [-0.3, -0.25) is 14.5 Å².